The zero-order valence-electron chi connectivity index (χ0n) is 14.3. The lowest BCUT2D eigenvalue weighted by Gasteiger charge is -2.33. The Labute approximate surface area is 150 Å². The highest BCUT2D eigenvalue weighted by Crippen LogP contribution is 2.34. The van der Waals surface area contributed by atoms with Crippen molar-refractivity contribution in [3.8, 4) is 0 Å². The summed E-state index contributed by atoms with van der Waals surface area (Å²) in [5, 5.41) is 6.79. The van der Waals surface area contributed by atoms with E-state index in [0.29, 0.717) is 23.8 Å². The van der Waals surface area contributed by atoms with Gasteiger partial charge in [0.15, 0.2) is 0 Å². The number of piperidine rings is 1. The fourth-order valence-electron chi connectivity index (χ4n) is 4.66. The van der Waals surface area contributed by atoms with Crippen molar-refractivity contribution in [2.75, 3.05) is 13.1 Å². The highest BCUT2D eigenvalue weighted by atomic mass is 35.5. The van der Waals surface area contributed by atoms with E-state index in [1.54, 1.807) is 0 Å². The van der Waals surface area contributed by atoms with Crippen molar-refractivity contribution in [3.63, 3.8) is 0 Å². The summed E-state index contributed by atoms with van der Waals surface area (Å²) in [4.78, 5) is 26.6. The van der Waals surface area contributed by atoms with Crippen LogP contribution < -0.4 is 10.6 Å². The molecule has 0 spiro atoms. The summed E-state index contributed by atoms with van der Waals surface area (Å²) < 4.78 is 0. The van der Waals surface area contributed by atoms with Crippen LogP contribution in [0.15, 0.2) is 0 Å². The van der Waals surface area contributed by atoms with Crippen LogP contribution in [0.4, 0.5) is 0 Å². The number of amides is 2. The van der Waals surface area contributed by atoms with Gasteiger partial charge in [0.05, 0.1) is 6.04 Å². The van der Waals surface area contributed by atoms with Crippen LogP contribution in [-0.2, 0) is 9.59 Å². The summed E-state index contributed by atoms with van der Waals surface area (Å²) in [5.41, 5.74) is 0. The molecule has 2 saturated heterocycles. The highest BCUT2D eigenvalue weighted by molar-refractivity contribution is 5.85. The predicted octanol–water partition coefficient (Wildman–Crippen LogP) is 1.85. The molecule has 5 nitrogen and oxygen atoms in total. The molecule has 2 aliphatic carbocycles. The molecule has 4 aliphatic rings. The van der Waals surface area contributed by atoms with E-state index >= 15 is 0 Å². The van der Waals surface area contributed by atoms with Crippen molar-refractivity contribution in [1.29, 1.82) is 0 Å². The number of halogens is 1. The smallest absolute Gasteiger partial charge is 0.237 e. The van der Waals surface area contributed by atoms with E-state index in [2.05, 4.69) is 10.6 Å². The largest absolute Gasteiger partial charge is 0.352 e. The van der Waals surface area contributed by atoms with Gasteiger partial charge in [0.2, 0.25) is 11.8 Å². The van der Waals surface area contributed by atoms with Gasteiger partial charge >= 0.3 is 0 Å². The van der Waals surface area contributed by atoms with E-state index in [4.69, 9.17) is 0 Å². The molecule has 3 atom stereocenters. The highest BCUT2D eigenvalue weighted by Gasteiger charge is 2.39. The van der Waals surface area contributed by atoms with Crippen molar-refractivity contribution in [1.82, 2.24) is 15.5 Å². The molecule has 2 aliphatic heterocycles. The molecular formula is C18H30ClN3O2. The van der Waals surface area contributed by atoms with Gasteiger partial charge in [-0.15, -0.1) is 12.4 Å². The second-order valence-corrected chi connectivity index (χ2v) is 7.99. The van der Waals surface area contributed by atoms with Gasteiger partial charge in [0.25, 0.3) is 0 Å². The normalized spacial score (nSPS) is 33.5. The van der Waals surface area contributed by atoms with Crippen LogP contribution in [-0.4, -0.2) is 47.9 Å². The Morgan fingerprint density at radius 1 is 0.958 bits per heavy atom. The Balaban J connectivity index is 0.00000169. The lowest BCUT2D eigenvalue weighted by molar-refractivity contribution is -0.133. The molecule has 0 aromatic carbocycles. The molecule has 2 saturated carbocycles. The van der Waals surface area contributed by atoms with Gasteiger partial charge in [-0.3, -0.25) is 9.59 Å². The zero-order chi connectivity index (χ0) is 15.8. The molecule has 0 aromatic rings. The van der Waals surface area contributed by atoms with Gasteiger partial charge in [-0.05, 0) is 50.9 Å². The second-order valence-electron chi connectivity index (χ2n) is 7.99. The first-order valence-electron chi connectivity index (χ1n) is 9.56. The minimum Gasteiger partial charge on any atom is -0.352 e. The van der Waals surface area contributed by atoms with Crippen LogP contribution >= 0.6 is 12.4 Å². The first kappa shape index (κ1) is 18.0. The third kappa shape index (κ3) is 3.88. The molecular weight excluding hydrogens is 326 g/mol. The van der Waals surface area contributed by atoms with Crippen LogP contribution in [0.25, 0.3) is 0 Å². The van der Waals surface area contributed by atoms with Crippen molar-refractivity contribution in [2.45, 2.75) is 75.9 Å². The first-order valence-corrected chi connectivity index (χ1v) is 9.56. The van der Waals surface area contributed by atoms with Crippen molar-refractivity contribution in [3.05, 3.63) is 0 Å². The standard InChI is InChI=1S/C18H29N3O2.ClH/c22-17(16-11-13-3-1-2-4-15(13)20-16)19-14-7-9-21(10-8-14)18(23)12-5-6-12;/h12-16,20H,1-11H2,(H,19,22);1H. The summed E-state index contributed by atoms with van der Waals surface area (Å²) >= 11 is 0. The molecule has 2 heterocycles. The predicted molar refractivity (Wildman–Crippen MR) is 95.0 cm³/mol. The lowest BCUT2D eigenvalue weighted by atomic mass is 9.85. The van der Waals surface area contributed by atoms with E-state index in [-0.39, 0.29) is 30.4 Å². The summed E-state index contributed by atoms with van der Waals surface area (Å²) in [7, 11) is 0. The Morgan fingerprint density at radius 3 is 2.33 bits per heavy atom. The maximum atomic E-state index is 12.5. The number of fused-ring (bicyclic) bond motifs is 1. The summed E-state index contributed by atoms with van der Waals surface area (Å²) in [6.45, 7) is 1.62. The average molecular weight is 356 g/mol. The number of likely N-dealkylation sites (tertiary alicyclic amines) is 1. The second kappa shape index (κ2) is 7.61. The molecule has 6 heteroatoms. The maximum Gasteiger partial charge on any atom is 0.237 e. The Hall–Kier alpha value is -0.810. The van der Waals surface area contributed by atoms with E-state index in [9.17, 15) is 9.59 Å². The average Bonchev–Trinajstić information content (AvgIpc) is 3.33. The molecule has 2 amide bonds. The monoisotopic (exact) mass is 355 g/mol. The van der Waals surface area contributed by atoms with Crippen molar-refractivity contribution in [2.24, 2.45) is 11.8 Å². The molecule has 0 radical (unpaired) electrons. The van der Waals surface area contributed by atoms with Crippen LogP contribution in [0.3, 0.4) is 0 Å². The van der Waals surface area contributed by atoms with Gasteiger partial charge in [0.1, 0.15) is 0 Å². The van der Waals surface area contributed by atoms with Crippen LogP contribution in [0.5, 0.6) is 0 Å². The molecule has 4 fully saturated rings. The van der Waals surface area contributed by atoms with Gasteiger partial charge in [-0.1, -0.05) is 12.8 Å². The van der Waals surface area contributed by atoms with Gasteiger partial charge in [0, 0.05) is 31.1 Å². The summed E-state index contributed by atoms with van der Waals surface area (Å²) in [6.07, 6.45) is 10.1. The lowest BCUT2D eigenvalue weighted by Crippen LogP contribution is -2.51. The molecule has 4 rings (SSSR count). The number of carbonyl (C=O) groups excluding carboxylic acids is 2. The SMILES string of the molecule is Cl.O=C(NC1CCN(C(=O)C2CC2)CC1)C1CC2CCCCC2N1. The topological polar surface area (TPSA) is 61.4 Å². The molecule has 24 heavy (non-hydrogen) atoms. The number of hydrogen-bond donors (Lipinski definition) is 2. The number of carbonyl (C=O) groups is 2. The molecule has 0 aromatic heterocycles. The quantitative estimate of drug-likeness (QED) is 0.812. The number of hydrogen-bond acceptors (Lipinski definition) is 3. The van der Waals surface area contributed by atoms with Gasteiger partial charge in [-0.2, -0.15) is 0 Å². The first-order chi connectivity index (χ1) is 11.2. The molecule has 3 unspecified atom stereocenters. The minimum atomic E-state index is 0. The number of nitrogens with one attached hydrogen (secondary N) is 2. The molecule has 136 valence electrons. The van der Waals surface area contributed by atoms with Crippen LogP contribution in [0, 0.1) is 11.8 Å². The third-order valence-electron chi connectivity index (χ3n) is 6.26. The fraction of sp³-hybridized carbons (Fsp3) is 0.889. The van der Waals surface area contributed by atoms with E-state index in [1.807, 2.05) is 4.90 Å². The zero-order valence-corrected chi connectivity index (χ0v) is 15.2. The Kier molecular flexibility index (Phi) is 5.70. The maximum absolute atomic E-state index is 12.5. The van der Waals surface area contributed by atoms with Gasteiger partial charge < -0.3 is 15.5 Å². The minimum absolute atomic E-state index is 0. The Morgan fingerprint density at radius 2 is 1.67 bits per heavy atom. The van der Waals surface area contributed by atoms with Crippen LogP contribution in [0.2, 0.25) is 0 Å². The van der Waals surface area contributed by atoms with Gasteiger partial charge in [-0.25, -0.2) is 0 Å². The number of nitrogens with zero attached hydrogens (tertiary/aromatic N) is 1. The summed E-state index contributed by atoms with van der Waals surface area (Å²) in [6, 6.07) is 0.821. The summed E-state index contributed by atoms with van der Waals surface area (Å²) in [5.74, 6) is 1.55. The van der Waals surface area contributed by atoms with E-state index < -0.39 is 0 Å². The third-order valence-corrected chi connectivity index (χ3v) is 6.26. The number of rotatable bonds is 3. The Bertz CT molecular complexity index is 461. The van der Waals surface area contributed by atoms with E-state index in [1.165, 1.54) is 25.7 Å². The van der Waals surface area contributed by atoms with E-state index in [0.717, 1.165) is 45.2 Å². The van der Waals surface area contributed by atoms with Crippen molar-refractivity contribution < 1.29 is 9.59 Å². The molecule has 2 N–H and O–H groups in total. The van der Waals surface area contributed by atoms with Crippen molar-refractivity contribution >= 4 is 24.2 Å². The fourth-order valence-corrected chi connectivity index (χ4v) is 4.66. The van der Waals surface area contributed by atoms with Crippen LogP contribution in [0.1, 0.15) is 57.8 Å². The molecule has 0 bridgehead atoms.